The Balaban J connectivity index is 2.31. The Morgan fingerprint density at radius 3 is 2.38 bits per heavy atom. The Morgan fingerprint density at radius 1 is 1.10 bits per heavy atom. The number of carbonyl (C=O) groups is 1. The van der Waals surface area contributed by atoms with Gasteiger partial charge in [0.15, 0.2) is 5.78 Å². The Labute approximate surface area is 127 Å². The number of rotatable bonds is 3. The summed E-state index contributed by atoms with van der Waals surface area (Å²) in [6, 6.07) is 10.0. The van der Waals surface area contributed by atoms with Crippen molar-refractivity contribution in [3.05, 3.63) is 63.6 Å². The van der Waals surface area contributed by atoms with Gasteiger partial charge in [-0.05, 0) is 42.8 Å². The normalized spacial score (nSPS) is 11.3. The predicted octanol–water partition coefficient (Wildman–Crippen LogP) is 4.89. The zero-order chi connectivity index (χ0) is 15.6. The van der Waals surface area contributed by atoms with E-state index in [1.165, 1.54) is 12.1 Å². The number of ether oxygens (including phenoxy) is 1. The molecule has 2 aromatic rings. The molecule has 0 aromatic heterocycles. The highest BCUT2D eigenvalue weighted by Gasteiger charge is 2.31. The van der Waals surface area contributed by atoms with Gasteiger partial charge in [-0.2, -0.15) is 0 Å². The van der Waals surface area contributed by atoms with Gasteiger partial charge in [0.1, 0.15) is 5.75 Å². The molecule has 0 saturated carbocycles. The summed E-state index contributed by atoms with van der Waals surface area (Å²) < 4.78 is 41.2. The quantitative estimate of drug-likeness (QED) is 0.730. The van der Waals surface area contributed by atoms with Gasteiger partial charge in [0.25, 0.3) is 0 Å². The van der Waals surface area contributed by atoms with Crippen LogP contribution in [0.2, 0.25) is 0 Å². The van der Waals surface area contributed by atoms with Crippen LogP contribution >= 0.6 is 15.9 Å². The molecule has 6 heteroatoms. The van der Waals surface area contributed by atoms with E-state index >= 15 is 0 Å². The van der Waals surface area contributed by atoms with Gasteiger partial charge < -0.3 is 4.74 Å². The standard InChI is InChI=1S/C15H10BrF3O2/c1-9-7-11(5-6-13(9)16)14(20)10-3-2-4-12(8-10)21-15(17,18)19/h2-8H,1H3. The maximum Gasteiger partial charge on any atom is 0.573 e. The molecule has 2 nitrogen and oxygen atoms in total. The molecule has 0 heterocycles. The second kappa shape index (κ2) is 5.89. The number of ketones is 1. The molecule has 2 rings (SSSR count). The summed E-state index contributed by atoms with van der Waals surface area (Å²) in [5.41, 5.74) is 1.40. The van der Waals surface area contributed by atoms with Crippen LogP contribution < -0.4 is 4.74 Å². The number of carbonyl (C=O) groups excluding carboxylic acids is 1. The highest BCUT2D eigenvalue weighted by atomic mass is 79.9. The van der Waals surface area contributed by atoms with E-state index in [2.05, 4.69) is 20.7 Å². The summed E-state index contributed by atoms with van der Waals surface area (Å²) in [6.45, 7) is 1.82. The molecular formula is C15H10BrF3O2. The second-order valence-electron chi connectivity index (χ2n) is 4.37. The van der Waals surface area contributed by atoms with Crippen LogP contribution in [0.15, 0.2) is 46.9 Å². The lowest BCUT2D eigenvalue weighted by Crippen LogP contribution is -2.17. The lowest BCUT2D eigenvalue weighted by molar-refractivity contribution is -0.274. The molecule has 0 aliphatic rings. The molecule has 0 saturated heterocycles. The van der Waals surface area contributed by atoms with Crippen molar-refractivity contribution in [2.45, 2.75) is 13.3 Å². The summed E-state index contributed by atoms with van der Waals surface area (Å²) >= 11 is 3.32. The molecule has 2 aromatic carbocycles. The van der Waals surface area contributed by atoms with E-state index in [0.29, 0.717) is 5.56 Å². The zero-order valence-corrected chi connectivity index (χ0v) is 12.5. The van der Waals surface area contributed by atoms with Crippen molar-refractivity contribution in [1.82, 2.24) is 0 Å². The molecule has 0 amide bonds. The van der Waals surface area contributed by atoms with Crippen LogP contribution in [-0.2, 0) is 0 Å². The Hall–Kier alpha value is -1.82. The monoisotopic (exact) mass is 358 g/mol. The maximum absolute atomic E-state index is 12.3. The van der Waals surface area contributed by atoms with E-state index in [1.54, 1.807) is 18.2 Å². The maximum atomic E-state index is 12.3. The molecule has 0 unspecified atom stereocenters. The van der Waals surface area contributed by atoms with Gasteiger partial charge in [-0.3, -0.25) is 4.79 Å². The molecule has 0 aliphatic carbocycles. The molecule has 0 bridgehead atoms. The van der Waals surface area contributed by atoms with Crippen molar-refractivity contribution in [2.75, 3.05) is 0 Å². The number of halogens is 4. The minimum absolute atomic E-state index is 0.137. The molecule has 110 valence electrons. The van der Waals surface area contributed by atoms with Crippen molar-refractivity contribution in [3.63, 3.8) is 0 Å². The molecule has 0 fully saturated rings. The van der Waals surface area contributed by atoms with Gasteiger partial charge in [-0.15, -0.1) is 13.2 Å². The lowest BCUT2D eigenvalue weighted by Gasteiger charge is -2.10. The molecular weight excluding hydrogens is 349 g/mol. The smallest absolute Gasteiger partial charge is 0.406 e. The predicted molar refractivity (Wildman–Crippen MR) is 75.4 cm³/mol. The molecule has 0 radical (unpaired) electrons. The van der Waals surface area contributed by atoms with Gasteiger partial charge in [0.05, 0.1) is 0 Å². The topological polar surface area (TPSA) is 26.3 Å². The number of hydrogen-bond acceptors (Lipinski definition) is 2. The highest BCUT2D eigenvalue weighted by Crippen LogP contribution is 2.25. The van der Waals surface area contributed by atoms with Gasteiger partial charge in [-0.1, -0.05) is 28.1 Å². The summed E-state index contributed by atoms with van der Waals surface area (Å²) in [7, 11) is 0. The fraction of sp³-hybridized carbons (Fsp3) is 0.133. The SMILES string of the molecule is Cc1cc(C(=O)c2cccc(OC(F)(F)F)c2)ccc1Br. The van der Waals surface area contributed by atoms with Crippen LogP contribution in [0.4, 0.5) is 13.2 Å². The van der Waals surface area contributed by atoms with E-state index in [1.807, 2.05) is 6.92 Å². The van der Waals surface area contributed by atoms with Crippen LogP contribution in [-0.4, -0.2) is 12.1 Å². The number of hydrogen-bond donors (Lipinski definition) is 0. The first kappa shape index (κ1) is 15.6. The Bertz CT molecular complexity index is 681. The Kier molecular flexibility index (Phi) is 4.37. The third-order valence-corrected chi connectivity index (χ3v) is 3.64. The fourth-order valence-corrected chi connectivity index (χ4v) is 2.03. The molecule has 0 aliphatic heterocycles. The van der Waals surface area contributed by atoms with E-state index in [-0.39, 0.29) is 11.3 Å². The van der Waals surface area contributed by atoms with Gasteiger partial charge >= 0.3 is 6.36 Å². The third-order valence-electron chi connectivity index (χ3n) is 2.75. The van der Waals surface area contributed by atoms with Crippen LogP contribution in [0.5, 0.6) is 5.75 Å². The lowest BCUT2D eigenvalue weighted by atomic mass is 10.0. The summed E-state index contributed by atoms with van der Waals surface area (Å²) in [6.07, 6.45) is -4.78. The van der Waals surface area contributed by atoms with E-state index in [0.717, 1.165) is 22.2 Å². The number of aryl methyl sites for hydroxylation is 1. The van der Waals surface area contributed by atoms with Crippen LogP contribution in [0.3, 0.4) is 0 Å². The van der Waals surface area contributed by atoms with Crippen molar-refractivity contribution in [2.24, 2.45) is 0 Å². The largest absolute Gasteiger partial charge is 0.573 e. The fourth-order valence-electron chi connectivity index (χ4n) is 1.79. The minimum Gasteiger partial charge on any atom is -0.406 e. The van der Waals surface area contributed by atoms with Crippen LogP contribution in [0, 0.1) is 6.92 Å². The van der Waals surface area contributed by atoms with Crippen LogP contribution in [0.25, 0.3) is 0 Å². The average molecular weight is 359 g/mol. The van der Waals surface area contributed by atoms with Crippen molar-refractivity contribution >= 4 is 21.7 Å². The zero-order valence-electron chi connectivity index (χ0n) is 10.9. The number of benzene rings is 2. The van der Waals surface area contributed by atoms with E-state index < -0.39 is 12.1 Å². The first-order valence-corrected chi connectivity index (χ1v) is 6.72. The first-order chi connectivity index (χ1) is 9.76. The van der Waals surface area contributed by atoms with Crippen molar-refractivity contribution in [3.8, 4) is 5.75 Å². The van der Waals surface area contributed by atoms with Gasteiger partial charge in [-0.25, -0.2) is 0 Å². The highest BCUT2D eigenvalue weighted by molar-refractivity contribution is 9.10. The van der Waals surface area contributed by atoms with Gasteiger partial charge in [0.2, 0.25) is 0 Å². The second-order valence-corrected chi connectivity index (χ2v) is 5.22. The Morgan fingerprint density at radius 2 is 1.76 bits per heavy atom. The van der Waals surface area contributed by atoms with Gasteiger partial charge in [0, 0.05) is 15.6 Å². The summed E-state index contributed by atoms with van der Waals surface area (Å²) in [5, 5.41) is 0. The average Bonchev–Trinajstić information content (AvgIpc) is 2.39. The molecule has 0 N–H and O–H groups in total. The summed E-state index contributed by atoms with van der Waals surface area (Å²) in [4.78, 5) is 12.3. The summed E-state index contributed by atoms with van der Waals surface area (Å²) in [5.74, 6) is -0.777. The third kappa shape index (κ3) is 4.07. The first-order valence-electron chi connectivity index (χ1n) is 5.93. The van der Waals surface area contributed by atoms with E-state index in [9.17, 15) is 18.0 Å². The molecule has 21 heavy (non-hydrogen) atoms. The van der Waals surface area contributed by atoms with Crippen molar-refractivity contribution < 1.29 is 22.7 Å². The van der Waals surface area contributed by atoms with Crippen LogP contribution in [0.1, 0.15) is 21.5 Å². The number of alkyl halides is 3. The molecule has 0 spiro atoms. The van der Waals surface area contributed by atoms with E-state index in [4.69, 9.17) is 0 Å². The molecule has 0 atom stereocenters. The van der Waals surface area contributed by atoms with Crippen molar-refractivity contribution in [1.29, 1.82) is 0 Å². The minimum atomic E-state index is -4.78.